The molecule has 0 amide bonds. The molecule has 1 aliphatic rings. The molecule has 0 N–H and O–H groups in total. The second kappa shape index (κ2) is 3.98. The second-order valence-electron chi connectivity index (χ2n) is 5.75. The molecule has 0 bridgehead atoms. The van der Waals surface area contributed by atoms with E-state index < -0.39 is 0 Å². The van der Waals surface area contributed by atoms with Crippen molar-refractivity contribution in [3.05, 3.63) is 11.5 Å². The van der Waals surface area contributed by atoms with Crippen LogP contribution in [-0.2, 0) is 20.0 Å². The van der Waals surface area contributed by atoms with Crippen molar-refractivity contribution < 1.29 is 0 Å². The van der Waals surface area contributed by atoms with E-state index in [0.29, 0.717) is 11.3 Å². The predicted molar refractivity (Wildman–Crippen MR) is 73.0 cm³/mol. The fraction of sp³-hybridized carbons (Fsp3) is 0.692. The summed E-state index contributed by atoms with van der Waals surface area (Å²) in [5.74, 6) is 1.72. The van der Waals surface area contributed by atoms with E-state index in [9.17, 15) is 0 Å². The van der Waals surface area contributed by atoms with E-state index in [0.717, 1.165) is 35.6 Å². The lowest BCUT2D eigenvalue weighted by atomic mass is 10.1. The summed E-state index contributed by atoms with van der Waals surface area (Å²) in [6.45, 7) is 5.39. The highest BCUT2D eigenvalue weighted by Gasteiger charge is 2.38. The fourth-order valence-electron chi connectivity index (χ4n) is 2.57. The summed E-state index contributed by atoms with van der Waals surface area (Å²) >= 11 is 5.89. The van der Waals surface area contributed by atoms with Gasteiger partial charge in [-0.25, -0.2) is 4.98 Å². The van der Waals surface area contributed by atoms with E-state index in [1.54, 1.807) is 0 Å². The maximum Gasteiger partial charge on any atom is 0.158 e. The first-order valence-electron chi connectivity index (χ1n) is 6.49. The van der Waals surface area contributed by atoms with Gasteiger partial charge >= 0.3 is 0 Å². The summed E-state index contributed by atoms with van der Waals surface area (Å²) in [7, 11) is 1.99. The van der Waals surface area contributed by atoms with Crippen molar-refractivity contribution in [2.24, 2.45) is 12.5 Å². The van der Waals surface area contributed by atoms with Gasteiger partial charge in [0, 0.05) is 25.9 Å². The van der Waals surface area contributed by atoms with Gasteiger partial charge in [0.1, 0.15) is 11.3 Å². The molecule has 0 aromatic carbocycles. The topological polar surface area (TPSA) is 35.6 Å². The Morgan fingerprint density at radius 2 is 2.11 bits per heavy atom. The molecular formula is C13H19ClN4. The van der Waals surface area contributed by atoms with Crippen LogP contribution in [0, 0.1) is 12.3 Å². The van der Waals surface area contributed by atoms with Crippen molar-refractivity contribution in [1.29, 1.82) is 0 Å². The van der Waals surface area contributed by atoms with Crippen molar-refractivity contribution in [2.75, 3.05) is 5.88 Å². The molecule has 5 heteroatoms. The van der Waals surface area contributed by atoms with Gasteiger partial charge in [-0.1, -0.05) is 6.92 Å². The van der Waals surface area contributed by atoms with Crippen molar-refractivity contribution in [3.8, 4) is 0 Å². The molecule has 1 aliphatic carbocycles. The second-order valence-corrected chi connectivity index (χ2v) is 6.12. The highest BCUT2D eigenvalue weighted by Crippen LogP contribution is 2.47. The van der Waals surface area contributed by atoms with Gasteiger partial charge in [0.2, 0.25) is 0 Å². The average molecular weight is 267 g/mol. The van der Waals surface area contributed by atoms with Gasteiger partial charge in [0.15, 0.2) is 5.65 Å². The van der Waals surface area contributed by atoms with Crippen LogP contribution in [-0.4, -0.2) is 25.2 Å². The van der Waals surface area contributed by atoms with E-state index >= 15 is 0 Å². The molecule has 0 unspecified atom stereocenters. The van der Waals surface area contributed by atoms with Gasteiger partial charge < -0.3 is 4.57 Å². The third-order valence-corrected chi connectivity index (χ3v) is 4.12. The van der Waals surface area contributed by atoms with Crippen molar-refractivity contribution in [3.63, 3.8) is 0 Å². The summed E-state index contributed by atoms with van der Waals surface area (Å²) in [6, 6.07) is 0. The minimum absolute atomic E-state index is 0.451. The first kappa shape index (κ1) is 12.0. The number of hydrogen-bond acceptors (Lipinski definition) is 2. The van der Waals surface area contributed by atoms with E-state index in [1.807, 2.05) is 18.7 Å². The van der Waals surface area contributed by atoms with Gasteiger partial charge in [0.25, 0.3) is 0 Å². The first-order chi connectivity index (χ1) is 8.54. The van der Waals surface area contributed by atoms with Crippen LogP contribution < -0.4 is 0 Å². The van der Waals surface area contributed by atoms with Crippen LogP contribution >= 0.6 is 11.6 Å². The lowest BCUT2D eigenvalue weighted by Gasteiger charge is -2.13. The van der Waals surface area contributed by atoms with Gasteiger partial charge in [-0.05, 0) is 25.2 Å². The number of halogens is 1. The molecule has 2 aromatic heterocycles. The fourth-order valence-corrected chi connectivity index (χ4v) is 2.74. The third-order valence-electron chi connectivity index (χ3n) is 3.93. The normalized spacial score (nSPS) is 17.6. The molecule has 3 rings (SSSR count). The van der Waals surface area contributed by atoms with Crippen molar-refractivity contribution in [2.45, 2.75) is 39.7 Å². The lowest BCUT2D eigenvalue weighted by molar-refractivity contribution is 0.456. The van der Waals surface area contributed by atoms with E-state index in [-0.39, 0.29) is 0 Å². The highest BCUT2D eigenvalue weighted by atomic mass is 35.5. The number of nitrogens with zero attached hydrogens (tertiary/aromatic N) is 4. The number of aryl methyl sites for hydroxylation is 3. The molecule has 0 aliphatic heterocycles. The monoisotopic (exact) mass is 266 g/mol. The molecular weight excluding hydrogens is 248 g/mol. The zero-order chi connectivity index (χ0) is 12.9. The van der Waals surface area contributed by atoms with E-state index in [2.05, 4.69) is 16.6 Å². The SMILES string of the molecule is Cc1nn(C)c2c1nc(CCCl)n2CC1(C)CC1. The Balaban J connectivity index is 2.13. The molecule has 2 heterocycles. The van der Waals surface area contributed by atoms with Gasteiger partial charge in [0.05, 0.1) is 5.69 Å². The smallest absolute Gasteiger partial charge is 0.158 e. The Morgan fingerprint density at radius 3 is 2.72 bits per heavy atom. The molecule has 0 atom stereocenters. The van der Waals surface area contributed by atoms with Crippen molar-refractivity contribution >= 4 is 22.8 Å². The molecule has 98 valence electrons. The molecule has 2 aromatic rings. The predicted octanol–water partition coefficient (Wildman–Crippen LogP) is 2.66. The first-order valence-corrected chi connectivity index (χ1v) is 7.02. The van der Waals surface area contributed by atoms with E-state index in [1.165, 1.54) is 12.8 Å². The number of fused-ring (bicyclic) bond motifs is 1. The number of alkyl halides is 1. The minimum atomic E-state index is 0.451. The number of hydrogen-bond donors (Lipinski definition) is 0. The standard InChI is InChI=1S/C13H19ClN4/c1-9-11-12(17(3)16-9)18(8-13(2)5-6-13)10(15-11)4-7-14/h4-8H2,1-3H3. The molecule has 0 saturated heterocycles. The van der Waals surface area contributed by atoms with Crippen LogP contribution in [0.15, 0.2) is 0 Å². The van der Waals surface area contributed by atoms with Crippen LogP contribution in [0.3, 0.4) is 0 Å². The molecule has 0 spiro atoms. The van der Waals surface area contributed by atoms with Gasteiger partial charge in [-0.15, -0.1) is 11.6 Å². The Hall–Kier alpha value is -1.03. The lowest BCUT2D eigenvalue weighted by Crippen LogP contribution is -2.14. The maximum atomic E-state index is 5.89. The minimum Gasteiger partial charge on any atom is -0.312 e. The van der Waals surface area contributed by atoms with Crippen LogP contribution in [0.1, 0.15) is 31.3 Å². The third kappa shape index (κ3) is 1.83. The summed E-state index contributed by atoms with van der Waals surface area (Å²) in [6.07, 6.45) is 3.44. The van der Waals surface area contributed by atoms with Crippen LogP contribution in [0.25, 0.3) is 11.2 Å². The van der Waals surface area contributed by atoms with Gasteiger partial charge in [-0.3, -0.25) is 4.68 Å². The Morgan fingerprint density at radius 1 is 1.39 bits per heavy atom. The van der Waals surface area contributed by atoms with Crippen LogP contribution in [0.4, 0.5) is 0 Å². The summed E-state index contributed by atoms with van der Waals surface area (Å²) < 4.78 is 4.27. The largest absolute Gasteiger partial charge is 0.312 e. The zero-order valence-electron chi connectivity index (χ0n) is 11.2. The Bertz CT molecular complexity index is 592. The summed E-state index contributed by atoms with van der Waals surface area (Å²) in [5.41, 5.74) is 3.62. The molecule has 18 heavy (non-hydrogen) atoms. The summed E-state index contributed by atoms with van der Waals surface area (Å²) in [4.78, 5) is 4.73. The summed E-state index contributed by atoms with van der Waals surface area (Å²) in [5, 5.41) is 4.46. The maximum absolute atomic E-state index is 5.89. The van der Waals surface area contributed by atoms with E-state index in [4.69, 9.17) is 16.6 Å². The highest BCUT2D eigenvalue weighted by molar-refractivity contribution is 6.17. The Labute approximate surface area is 112 Å². The Kier molecular flexibility index (Phi) is 2.66. The molecule has 0 radical (unpaired) electrons. The molecule has 1 fully saturated rings. The number of imidazole rings is 1. The molecule has 1 saturated carbocycles. The quantitative estimate of drug-likeness (QED) is 0.798. The number of aromatic nitrogens is 4. The zero-order valence-corrected chi connectivity index (χ0v) is 12.0. The average Bonchev–Trinajstić information content (AvgIpc) is 2.82. The molecule has 4 nitrogen and oxygen atoms in total. The van der Waals surface area contributed by atoms with Gasteiger partial charge in [-0.2, -0.15) is 5.10 Å². The number of rotatable bonds is 4. The van der Waals surface area contributed by atoms with Crippen LogP contribution in [0.5, 0.6) is 0 Å². The van der Waals surface area contributed by atoms with Crippen molar-refractivity contribution in [1.82, 2.24) is 19.3 Å². The van der Waals surface area contributed by atoms with Crippen LogP contribution in [0.2, 0.25) is 0 Å².